The van der Waals surface area contributed by atoms with Crippen molar-refractivity contribution in [3.63, 3.8) is 0 Å². The van der Waals surface area contributed by atoms with E-state index in [-0.39, 0.29) is 12.8 Å². The molecule has 1 saturated carbocycles. The van der Waals surface area contributed by atoms with E-state index in [4.69, 9.17) is 23.4 Å². The van der Waals surface area contributed by atoms with Gasteiger partial charge in [-0.15, -0.1) is 0 Å². The Labute approximate surface area is 217 Å². The lowest BCUT2D eigenvalue weighted by molar-refractivity contribution is -0.336. The van der Waals surface area contributed by atoms with Crippen LogP contribution in [-0.4, -0.2) is 92.1 Å². The van der Waals surface area contributed by atoms with Crippen molar-refractivity contribution < 1.29 is 58.5 Å². The molecule has 0 amide bonds. The summed E-state index contributed by atoms with van der Waals surface area (Å²) in [6.07, 6.45) is -2.93. The van der Waals surface area contributed by atoms with Crippen molar-refractivity contribution in [2.24, 2.45) is 16.7 Å². The van der Waals surface area contributed by atoms with Crippen molar-refractivity contribution in [1.29, 1.82) is 0 Å². The van der Waals surface area contributed by atoms with Crippen LogP contribution in [0, 0.1) is 16.7 Å². The summed E-state index contributed by atoms with van der Waals surface area (Å²) in [5.41, 5.74) is -5.37. The Bertz CT molecular complexity index is 1150. The molecule has 12 heteroatoms. The SMILES string of the molecule is C[C@@]12[C@H]3CC=C[C@@]1(O[C@@H]1O[C@H](CO)[C@@H](O)[C@H](O)[C@H]1O)C(=O)O[C@@H]2C[C@]1(O)C(=O)O[C@H](c2ccoc2)C[C@@]31C. The van der Waals surface area contributed by atoms with E-state index < -0.39 is 89.4 Å². The molecule has 6 rings (SSSR count). The third kappa shape index (κ3) is 3.05. The number of carbonyl (C=O) groups is 2. The zero-order chi connectivity index (χ0) is 27.3. The molecule has 4 heterocycles. The minimum absolute atomic E-state index is 0.229. The average molecular weight is 537 g/mol. The van der Waals surface area contributed by atoms with Crippen LogP contribution in [0.15, 0.2) is 35.2 Å². The van der Waals surface area contributed by atoms with Gasteiger partial charge < -0.3 is 48.9 Å². The molecule has 12 nitrogen and oxygen atoms in total. The number of hydrogen-bond donors (Lipinski definition) is 5. The van der Waals surface area contributed by atoms with Gasteiger partial charge in [0.15, 0.2) is 17.5 Å². The van der Waals surface area contributed by atoms with E-state index in [1.54, 1.807) is 26.0 Å². The summed E-state index contributed by atoms with van der Waals surface area (Å²) in [5.74, 6) is -2.15. The number of aliphatic hydroxyl groups excluding tert-OH is 4. The number of aliphatic hydroxyl groups is 5. The molecule has 3 saturated heterocycles. The highest BCUT2D eigenvalue weighted by atomic mass is 16.7. The number of ether oxygens (including phenoxy) is 4. The summed E-state index contributed by atoms with van der Waals surface area (Å²) < 4.78 is 28.4. The molecule has 2 aliphatic carbocycles. The molecular formula is C26H32O12. The monoisotopic (exact) mass is 536 g/mol. The van der Waals surface area contributed by atoms with Crippen LogP contribution >= 0.6 is 0 Å². The summed E-state index contributed by atoms with van der Waals surface area (Å²) in [6.45, 7) is 2.93. The summed E-state index contributed by atoms with van der Waals surface area (Å²) in [6, 6.07) is 1.69. The highest BCUT2D eigenvalue weighted by Gasteiger charge is 2.80. The molecule has 1 aromatic rings. The molecule has 0 bridgehead atoms. The van der Waals surface area contributed by atoms with Crippen molar-refractivity contribution in [2.75, 3.05) is 6.61 Å². The molecule has 38 heavy (non-hydrogen) atoms. The molecule has 1 aromatic heterocycles. The van der Waals surface area contributed by atoms with E-state index in [9.17, 15) is 35.1 Å². The van der Waals surface area contributed by atoms with E-state index in [1.807, 2.05) is 0 Å². The fourth-order valence-electron chi connectivity index (χ4n) is 7.60. The molecule has 5 N–H and O–H groups in total. The number of esters is 2. The third-order valence-electron chi connectivity index (χ3n) is 9.93. The predicted octanol–water partition coefficient (Wildman–Crippen LogP) is -0.528. The molecule has 208 valence electrons. The second-order valence-corrected chi connectivity index (χ2v) is 11.6. The molecule has 5 aliphatic rings. The number of rotatable bonds is 4. The van der Waals surface area contributed by atoms with E-state index in [1.165, 1.54) is 18.6 Å². The van der Waals surface area contributed by atoms with Gasteiger partial charge in [0, 0.05) is 17.4 Å². The minimum atomic E-state index is -1.95. The summed E-state index contributed by atoms with van der Waals surface area (Å²) in [5, 5.41) is 52.6. The Morgan fingerprint density at radius 2 is 1.82 bits per heavy atom. The first kappa shape index (κ1) is 25.9. The number of allylic oxidation sites excluding steroid dienone is 1. The number of hydrogen-bond acceptors (Lipinski definition) is 12. The highest BCUT2D eigenvalue weighted by Crippen LogP contribution is 2.70. The van der Waals surface area contributed by atoms with Crippen LogP contribution in [0.25, 0.3) is 0 Å². The van der Waals surface area contributed by atoms with Crippen LogP contribution in [0.3, 0.4) is 0 Å². The smallest absolute Gasteiger partial charge is 0.343 e. The Balaban J connectivity index is 1.41. The van der Waals surface area contributed by atoms with Crippen LogP contribution in [-0.2, 0) is 28.5 Å². The van der Waals surface area contributed by atoms with Gasteiger partial charge in [0.1, 0.15) is 36.6 Å². The normalized spacial score (nSPS) is 51.7. The molecule has 0 aromatic carbocycles. The number of fused-ring (bicyclic) bond motifs is 2. The fourth-order valence-corrected chi connectivity index (χ4v) is 7.60. The number of carbonyl (C=O) groups excluding carboxylic acids is 2. The highest BCUT2D eigenvalue weighted by molar-refractivity contribution is 5.88. The number of furan rings is 1. The average Bonchev–Trinajstić information content (AvgIpc) is 3.48. The van der Waals surface area contributed by atoms with Crippen molar-refractivity contribution in [3.05, 3.63) is 36.3 Å². The zero-order valence-electron chi connectivity index (χ0n) is 20.9. The largest absolute Gasteiger partial charge is 0.472 e. The molecule has 3 aliphatic heterocycles. The Morgan fingerprint density at radius 1 is 1.05 bits per heavy atom. The minimum Gasteiger partial charge on any atom is -0.472 e. The lowest BCUT2D eigenvalue weighted by atomic mass is 9.42. The maximum Gasteiger partial charge on any atom is 0.343 e. The van der Waals surface area contributed by atoms with Gasteiger partial charge in [-0.3, -0.25) is 0 Å². The summed E-state index contributed by atoms with van der Waals surface area (Å²) in [7, 11) is 0. The van der Waals surface area contributed by atoms with E-state index in [0.29, 0.717) is 12.0 Å². The standard InChI is InChI=1S/C26H32O12/c1-23-8-13(12-5-7-34-11-12)36-21(31)25(23,33)9-16-24(2)15(23)4-3-6-26(24,22(32)37-16)38-20-19(30)18(29)17(28)14(10-27)35-20/h3,5-7,11,13-20,27-30,33H,4,8-10H2,1-2H3/t13-,14+,15-,16+,17+,18-,19+,20-,23-,24-,25-,26+/m0/s1. The van der Waals surface area contributed by atoms with Gasteiger partial charge in [-0.1, -0.05) is 19.9 Å². The fraction of sp³-hybridized carbons (Fsp3) is 0.692. The molecule has 0 unspecified atom stereocenters. The van der Waals surface area contributed by atoms with Crippen LogP contribution in [0.5, 0.6) is 0 Å². The van der Waals surface area contributed by atoms with E-state index in [2.05, 4.69) is 0 Å². The lowest BCUT2D eigenvalue weighted by Gasteiger charge is -2.64. The van der Waals surface area contributed by atoms with Gasteiger partial charge in [0.25, 0.3) is 0 Å². The van der Waals surface area contributed by atoms with Crippen molar-refractivity contribution in [3.8, 4) is 0 Å². The maximum atomic E-state index is 13.6. The van der Waals surface area contributed by atoms with Gasteiger partial charge in [-0.2, -0.15) is 0 Å². The van der Waals surface area contributed by atoms with Gasteiger partial charge in [0.05, 0.1) is 24.5 Å². The van der Waals surface area contributed by atoms with Crippen molar-refractivity contribution in [2.45, 2.75) is 87.2 Å². The summed E-state index contributed by atoms with van der Waals surface area (Å²) in [4.78, 5) is 26.9. The van der Waals surface area contributed by atoms with Gasteiger partial charge in [-0.05, 0) is 30.9 Å². The molecule has 0 spiro atoms. The van der Waals surface area contributed by atoms with Gasteiger partial charge >= 0.3 is 11.9 Å². The van der Waals surface area contributed by atoms with Gasteiger partial charge in [0.2, 0.25) is 0 Å². The summed E-state index contributed by atoms with van der Waals surface area (Å²) >= 11 is 0. The van der Waals surface area contributed by atoms with Crippen LogP contribution in [0.1, 0.15) is 44.8 Å². The lowest BCUT2D eigenvalue weighted by Crippen LogP contribution is -2.73. The molecule has 12 atom stereocenters. The third-order valence-corrected chi connectivity index (χ3v) is 9.93. The van der Waals surface area contributed by atoms with E-state index >= 15 is 0 Å². The second-order valence-electron chi connectivity index (χ2n) is 11.6. The molecule has 0 radical (unpaired) electrons. The first-order chi connectivity index (χ1) is 17.9. The van der Waals surface area contributed by atoms with Crippen molar-refractivity contribution in [1.82, 2.24) is 0 Å². The van der Waals surface area contributed by atoms with Gasteiger partial charge in [-0.25, -0.2) is 9.59 Å². The molecule has 4 fully saturated rings. The first-order valence-corrected chi connectivity index (χ1v) is 12.8. The zero-order valence-corrected chi connectivity index (χ0v) is 20.9. The Morgan fingerprint density at radius 3 is 2.50 bits per heavy atom. The second kappa shape index (κ2) is 8.34. The van der Waals surface area contributed by atoms with Crippen LogP contribution < -0.4 is 0 Å². The predicted molar refractivity (Wildman–Crippen MR) is 123 cm³/mol. The van der Waals surface area contributed by atoms with Crippen LogP contribution in [0.2, 0.25) is 0 Å². The Hall–Kier alpha value is -2.32. The topological polar surface area (TPSA) is 185 Å². The van der Waals surface area contributed by atoms with Crippen LogP contribution in [0.4, 0.5) is 0 Å². The first-order valence-electron chi connectivity index (χ1n) is 12.8. The maximum absolute atomic E-state index is 13.6. The van der Waals surface area contributed by atoms with E-state index in [0.717, 1.165) is 0 Å². The number of cyclic esters (lactones) is 1. The quantitative estimate of drug-likeness (QED) is 0.245. The molecular weight excluding hydrogens is 504 g/mol. The Kier molecular flexibility index (Phi) is 5.69. The van der Waals surface area contributed by atoms with Crippen molar-refractivity contribution >= 4 is 11.9 Å².